The van der Waals surface area contributed by atoms with E-state index in [0.717, 1.165) is 77.0 Å². The first-order valence-corrected chi connectivity index (χ1v) is 17.4. The van der Waals surface area contributed by atoms with E-state index in [0.29, 0.717) is 11.7 Å². The first kappa shape index (κ1) is 28.3. The zero-order valence-corrected chi connectivity index (χ0v) is 28.0. The van der Waals surface area contributed by atoms with Crippen molar-refractivity contribution in [3.05, 3.63) is 162 Å². The zero-order valence-electron chi connectivity index (χ0n) is 28.0. The van der Waals surface area contributed by atoms with Gasteiger partial charge in [0, 0.05) is 43.8 Å². The molecular formula is C46H30N4O. The standard InChI is InChI=1S/C46H30N4O/c1-46(2)35-20-10-7-13-27(35)28-24-23-26(25-36(28)46)42-33-18-8-11-21-37(33)47-45(48-42)50-38-22-12-9-19-34(38)40-30-15-4-3-14-29(30)39-31-16-5-6-17-32(31)43(49-51)41(39)44(40)50/h3-25,51H,1-2H3/b49-43-. The van der Waals surface area contributed by atoms with Gasteiger partial charge in [0.05, 0.1) is 22.2 Å². The Morgan fingerprint density at radius 3 is 2.04 bits per heavy atom. The molecule has 0 saturated carbocycles. The van der Waals surface area contributed by atoms with Gasteiger partial charge in [-0.05, 0) is 56.8 Å². The van der Waals surface area contributed by atoms with E-state index in [1.165, 1.54) is 22.3 Å². The maximum atomic E-state index is 10.7. The SMILES string of the molecule is CC1(C)c2ccccc2-c2ccc(-c3nc(-n4c5ccccc5c5c6ccccc6c6c(c54)/C(=N\O)c4ccccc4-6)nc4ccccc34)cc21. The van der Waals surface area contributed by atoms with E-state index >= 15 is 0 Å². The fourth-order valence-corrected chi connectivity index (χ4v) is 9.02. The van der Waals surface area contributed by atoms with Crippen LogP contribution in [0.2, 0.25) is 0 Å². The molecule has 2 aliphatic rings. The third-order valence-electron chi connectivity index (χ3n) is 11.3. The lowest BCUT2D eigenvalue weighted by Crippen LogP contribution is -2.15. The number of benzene rings is 7. The molecule has 5 nitrogen and oxygen atoms in total. The summed E-state index contributed by atoms with van der Waals surface area (Å²) >= 11 is 0. The molecule has 0 amide bonds. The molecule has 2 heterocycles. The van der Waals surface area contributed by atoms with Crippen molar-refractivity contribution in [2.75, 3.05) is 0 Å². The van der Waals surface area contributed by atoms with Gasteiger partial charge < -0.3 is 5.21 Å². The van der Waals surface area contributed by atoms with Crippen molar-refractivity contribution in [3.8, 4) is 39.5 Å². The molecule has 51 heavy (non-hydrogen) atoms. The maximum Gasteiger partial charge on any atom is 0.235 e. The predicted octanol–water partition coefficient (Wildman–Crippen LogP) is 11.1. The lowest BCUT2D eigenvalue weighted by molar-refractivity contribution is 0.320. The highest BCUT2D eigenvalue weighted by Crippen LogP contribution is 2.51. The van der Waals surface area contributed by atoms with E-state index in [1.807, 2.05) is 24.3 Å². The Morgan fingerprint density at radius 2 is 1.22 bits per heavy atom. The van der Waals surface area contributed by atoms with Crippen molar-refractivity contribution in [3.63, 3.8) is 0 Å². The smallest absolute Gasteiger partial charge is 0.235 e. The molecule has 0 spiro atoms. The molecule has 9 aromatic rings. The normalized spacial score (nSPS) is 14.7. The molecule has 2 aliphatic carbocycles. The monoisotopic (exact) mass is 654 g/mol. The van der Waals surface area contributed by atoms with Crippen LogP contribution in [-0.2, 0) is 5.41 Å². The van der Waals surface area contributed by atoms with Gasteiger partial charge in [0.1, 0.15) is 5.71 Å². The highest BCUT2D eigenvalue weighted by atomic mass is 16.4. The molecule has 0 atom stereocenters. The summed E-state index contributed by atoms with van der Waals surface area (Å²) in [5.74, 6) is 0.573. The van der Waals surface area contributed by atoms with Crippen LogP contribution in [-0.4, -0.2) is 25.5 Å². The third kappa shape index (κ3) is 3.62. The van der Waals surface area contributed by atoms with E-state index in [9.17, 15) is 5.21 Å². The van der Waals surface area contributed by atoms with Crippen LogP contribution in [0.3, 0.4) is 0 Å². The summed E-state index contributed by atoms with van der Waals surface area (Å²) in [7, 11) is 0. The molecule has 0 fully saturated rings. The summed E-state index contributed by atoms with van der Waals surface area (Å²) in [6.45, 7) is 4.62. The number of para-hydroxylation sites is 2. The van der Waals surface area contributed by atoms with Gasteiger partial charge in [0.2, 0.25) is 5.95 Å². The Balaban J connectivity index is 1.27. The Morgan fingerprint density at radius 1 is 0.569 bits per heavy atom. The van der Waals surface area contributed by atoms with E-state index in [-0.39, 0.29) is 5.41 Å². The van der Waals surface area contributed by atoms with Crippen LogP contribution in [0, 0.1) is 0 Å². The van der Waals surface area contributed by atoms with Gasteiger partial charge in [0.25, 0.3) is 0 Å². The fraction of sp³-hybridized carbons (Fsp3) is 0.0652. The van der Waals surface area contributed by atoms with E-state index in [1.54, 1.807) is 0 Å². The van der Waals surface area contributed by atoms with Crippen molar-refractivity contribution in [2.45, 2.75) is 19.3 Å². The molecule has 5 heteroatoms. The second-order valence-corrected chi connectivity index (χ2v) is 14.2. The lowest BCUT2D eigenvalue weighted by Gasteiger charge is -2.22. The van der Waals surface area contributed by atoms with Crippen LogP contribution in [0.5, 0.6) is 0 Å². The number of aromatic nitrogens is 3. The Bertz CT molecular complexity index is 3020. The van der Waals surface area contributed by atoms with Gasteiger partial charge in [-0.15, -0.1) is 0 Å². The van der Waals surface area contributed by atoms with Gasteiger partial charge in [-0.3, -0.25) is 4.57 Å². The Hall–Kier alpha value is -6.59. The zero-order chi connectivity index (χ0) is 34.0. The van der Waals surface area contributed by atoms with Crippen molar-refractivity contribution in [1.82, 2.24) is 14.5 Å². The Kier molecular flexibility index (Phi) is 5.54. The molecule has 0 unspecified atom stereocenters. The highest BCUT2D eigenvalue weighted by Gasteiger charge is 2.36. The largest absolute Gasteiger partial charge is 0.410 e. The minimum absolute atomic E-state index is 0.142. The summed E-state index contributed by atoms with van der Waals surface area (Å²) in [5, 5.41) is 20.1. The van der Waals surface area contributed by atoms with Gasteiger partial charge in [0.15, 0.2) is 0 Å². The number of hydrogen-bond donors (Lipinski definition) is 1. The molecule has 0 bridgehead atoms. The van der Waals surface area contributed by atoms with Crippen molar-refractivity contribution in [1.29, 1.82) is 0 Å². The maximum absolute atomic E-state index is 10.7. The molecule has 11 rings (SSSR count). The molecule has 240 valence electrons. The molecule has 0 saturated heterocycles. The average molecular weight is 655 g/mol. The van der Waals surface area contributed by atoms with Crippen LogP contribution >= 0.6 is 0 Å². The van der Waals surface area contributed by atoms with Crippen LogP contribution in [0.4, 0.5) is 0 Å². The molecule has 0 radical (unpaired) electrons. The fourth-order valence-electron chi connectivity index (χ4n) is 9.02. The number of nitrogens with zero attached hydrogens (tertiary/aromatic N) is 4. The predicted molar refractivity (Wildman–Crippen MR) is 207 cm³/mol. The first-order valence-electron chi connectivity index (χ1n) is 17.4. The summed E-state index contributed by atoms with van der Waals surface area (Å²) in [6.07, 6.45) is 0. The van der Waals surface area contributed by atoms with Gasteiger partial charge in [-0.1, -0.05) is 140 Å². The lowest BCUT2D eigenvalue weighted by atomic mass is 9.82. The van der Waals surface area contributed by atoms with Crippen LogP contribution < -0.4 is 0 Å². The number of hydrogen-bond acceptors (Lipinski definition) is 4. The van der Waals surface area contributed by atoms with Crippen molar-refractivity contribution in [2.24, 2.45) is 5.16 Å². The van der Waals surface area contributed by atoms with Crippen LogP contribution in [0.1, 0.15) is 36.1 Å². The average Bonchev–Trinajstić information content (AvgIpc) is 3.78. The molecule has 0 aliphatic heterocycles. The molecule has 2 aromatic heterocycles. The highest BCUT2D eigenvalue weighted by molar-refractivity contribution is 6.38. The van der Waals surface area contributed by atoms with Gasteiger partial charge in [-0.25, -0.2) is 9.97 Å². The third-order valence-corrected chi connectivity index (χ3v) is 11.3. The second kappa shape index (κ2) is 9.99. The quantitative estimate of drug-likeness (QED) is 0.149. The minimum Gasteiger partial charge on any atom is -0.410 e. The van der Waals surface area contributed by atoms with Gasteiger partial charge >= 0.3 is 0 Å². The van der Waals surface area contributed by atoms with Crippen molar-refractivity contribution < 1.29 is 5.21 Å². The summed E-state index contributed by atoms with van der Waals surface area (Å²) in [5.41, 5.74) is 14.3. The Labute approximate surface area is 293 Å². The van der Waals surface area contributed by atoms with Crippen molar-refractivity contribution >= 4 is 49.2 Å². The molecule has 1 N–H and O–H groups in total. The number of fused-ring (bicyclic) bond motifs is 14. The van der Waals surface area contributed by atoms with E-state index < -0.39 is 0 Å². The van der Waals surface area contributed by atoms with Crippen LogP contribution in [0.15, 0.2) is 145 Å². The number of oxime groups is 1. The second-order valence-electron chi connectivity index (χ2n) is 14.2. The van der Waals surface area contributed by atoms with Gasteiger partial charge in [-0.2, -0.15) is 0 Å². The van der Waals surface area contributed by atoms with Crippen LogP contribution in [0.25, 0.3) is 82.9 Å². The van der Waals surface area contributed by atoms with E-state index in [2.05, 4.69) is 139 Å². The summed E-state index contributed by atoms with van der Waals surface area (Å²) in [6, 6.07) is 49.0. The topological polar surface area (TPSA) is 63.3 Å². The molecular weight excluding hydrogens is 625 g/mol. The summed E-state index contributed by atoms with van der Waals surface area (Å²) < 4.78 is 2.19. The first-order chi connectivity index (χ1) is 25.0. The minimum atomic E-state index is -0.142. The number of rotatable bonds is 2. The summed E-state index contributed by atoms with van der Waals surface area (Å²) in [4.78, 5) is 10.8. The molecule has 7 aromatic carbocycles. The van der Waals surface area contributed by atoms with E-state index in [4.69, 9.17) is 9.97 Å².